The van der Waals surface area contributed by atoms with Gasteiger partial charge in [-0.25, -0.2) is 4.79 Å². The van der Waals surface area contributed by atoms with E-state index in [4.69, 9.17) is 5.11 Å². The summed E-state index contributed by atoms with van der Waals surface area (Å²) in [5.41, 5.74) is 0.306. The van der Waals surface area contributed by atoms with Gasteiger partial charge >= 0.3 is 5.97 Å². The number of carboxylic acids is 1. The van der Waals surface area contributed by atoms with Crippen molar-refractivity contribution >= 4 is 5.97 Å². The van der Waals surface area contributed by atoms with Crippen molar-refractivity contribution in [2.45, 2.75) is 25.2 Å². The van der Waals surface area contributed by atoms with Crippen LogP contribution in [-0.4, -0.2) is 20.9 Å². The molecule has 5 nitrogen and oxygen atoms in total. The van der Waals surface area contributed by atoms with Crippen molar-refractivity contribution in [1.29, 1.82) is 0 Å². The van der Waals surface area contributed by atoms with Gasteiger partial charge in [-0.2, -0.15) is 0 Å². The van der Waals surface area contributed by atoms with Crippen LogP contribution in [0.25, 0.3) is 0 Å². The molecule has 0 unspecified atom stereocenters. The van der Waals surface area contributed by atoms with Crippen LogP contribution in [0.2, 0.25) is 0 Å². The highest BCUT2D eigenvalue weighted by molar-refractivity contribution is 5.87. The number of nitrogens with zero attached hydrogens (tertiary/aromatic N) is 1. The molecule has 2 N–H and O–H groups in total. The zero-order valence-corrected chi connectivity index (χ0v) is 7.91. The summed E-state index contributed by atoms with van der Waals surface area (Å²) in [5.74, 6) is -0.907. The molecule has 0 radical (unpaired) electrons. The second-order valence-corrected chi connectivity index (χ2v) is 3.70. The maximum Gasteiger partial charge on any atom is 0.354 e. The first-order valence-electron chi connectivity index (χ1n) is 4.63. The van der Waals surface area contributed by atoms with Gasteiger partial charge in [0.2, 0.25) is 0 Å². The molecular weight excluding hydrogens is 184 g/mol. The van der Waals surface area contributed by atoms with Crippen molar-refractivity contribution in [3.63, 3.8) is 0 Å². The summed E-state index contributed by atoms with van der Waals surface area (Å²) in [6, 6.07) is 0. The number of hydrogen-bond acceptors (Lipinski definition) is 2. The smallest absolute Gasteiger partial charge is 0.354 e. The Morgan fingerprint density at radius 2 is 2.21 bits per heavy atom. The largest absolute Gasteiger partial charge is 0.477 e. The summed E-state index contributed by atoms with van der Waals surface area (Å²) in [7, 11) is 1.54. The van der Waals surface area contributed by atoms with E-state index in [2.05, 4.69) is 5.10 Å². The Morgan fingerprint density at radius 1 is 1.57 bits per heavy atom. The Morgan fingerprint density at radius 3 is 2.64 bits per heavy atom. The molecule has 1 aromatic heterocycles. The molecule has 0 atom stereocenters. The quantitative estimate of drug-likeness (QED) is 0.730. The second kappa shape index (κ2) is 3.01. The minimum absolute atomic E-state index is 0.0576. The zero-order valence-electron chi connectivity index (χ0n) is 7.91. The van der Waals surface area contributed by atoms with Gasteiger partial charge in [-0.05, 0) is 18.8 Å². The highest BCUT2D eigenvalue weighted by Gasteiger charge is 2.29. The molecule has 1 fully saturated rings. The number of H-pyrrole nitrogens is 1. The molecule has 1 aliphatic rings. The van der Waals surface area contributed by atoms with E-state index in [1.807, 2.05) is 0 Å². The van der Waals surface area contributed by atoms with Crippen molar-refractivity contribution in [3.8, 4) is 0 Å². The van der Waals surface area contributed by atoms with E-state index >= 15 is 0 Å². The number of aryl methyl sites for hydroxylation is 1. The summed E-state index contributed by atoms with van der Waals surface area (Å²) < 4.78 is 1.23. The highest BCUT2D eigenvalue weighted by Crippen LogP contribution is 2.35. The minimum atomic E-state index is -1.05. The van der Waals surface area contributed by atoms with E-state index in [0.29, 0.717) is 5.56 Å². The monoisotopic (exact) mass is 196 g/mol. The van der Waals surface area contributed by atoms with E-state index in [0.717, 1.165) is 19.3 Å². The molecule has 0 amide bonds. The SMILES string of the molecule is Cn1[nH]c(C(=O)O)c(C2CCC2)c1=O. The molecular formula is C9H12N2O3. The summed E-state index contributed by atoms with van der Waals surface area (Å²) >= 11 is 0. The maximum atomic E-state index is 11.6. The first-order chi connectivity index (χ1) is 6.61. The van der Waals surface area contributed by atoms with Crippen LogP contribution in [0, 0.1) is 0 Å². The van der Waals surface area contributed by atoms with E-state index in [-0.39, 0.29) is 17.2 Å². The third kappa shape index (κ3) is 1.16. The normalized spacial score (nSPS) is 16.6. The first-order valence-corrected chi connectivity index (χ1v) is 4.63. The number of aromatic nitrogens is 2. The topological polar surface area (TPSA) is 75.1 Å². The van der Waals surface area contributed by atoms with Crippen LogP contribution >= 0.6 is 0 Å². The first kappa shape index (κ1) is 9.05. The third-order valence-corrected chi connectivity index (χ3v) is 2.81. The molecule has 0 aliphatic heterocycles. The number of aromatic amines is 1. The number of nitrogens with one attached hydrogen (secondary N) is 1. The van der Waals surface area contributed by atoms with Crippen LogP contribution < -0.4 is 5.56 Å². The standard InChI is InChI=1S/C9H12N2O3/c1-11-8(12)6(5-3-2-4-5)7(10-11)9(13)14/h5,10H,2-4H2,1H3,(H,13,14). The van der Waals surface area contributed by atoms with Crippen LogP contribution in [0.15, 0.2) is 4.79 Å². The van der Waals surface area contributed by atoms with Crippen LogP contribution in [0.1, 0.15) is 41.2 Å². The maximum absolute atomic E-state index is 11.6. The Labute approximate surface area is 80.3 Å². The summed E-state index contributed by atoms with van der Waals surface area (Å²) in [4.78, 5) is 22.4. The van der Waals surface area contributed by atoms with Crippen molar-refractivity contribution in [2.24, 2.45) is 7.05 Å². The molecule has 0 bridgehead atoms. The van der Waals surface area contributed by atoms with Crippen molar-refractivity contribution in [1.82, 2.24) is 9.78 Å². The predicted molar refractivity (Wildman–Crippen MR) is 49.6 cm³/mol. The van der Waals surface area contributed by atoms with Crippen molar-refractivity contribution in [3.05, 3.63) is 21.6 Å². The molecule has 0 aromatic carbocycles. The Bertz CT molecular complexity index is 426. The average molecular weight is 196 g/mol. The molecule has 76 valence electrons. The van der Waals surface area contributed by atoms with E-state index < -0.39 is 5.97 Å². The molecule has 1 aliphatic carbocycles. The molecule has 0 spiro atoms. The number of carbonyl (C=O) groups is 1. The van der Waals surface area contributed by atoms with Gasteiger partial charge in [0.1, 0.15) is 5.69 Å². The van der Waals surface area contributed by atoms with Crippen LogP contribution in [0.4, 0.5) is 0 Å². The van der Waals surface area contributed by atoms with E-state index in [1.54, 1.807) is 0 Å². The van der Waals surface area contributed by atoms with Crippen molar-refractivity contribution < 1.29 is 9.90 Å². The lowest BCUT2D eigenvalue weighted by Crippen LogP contribution is -2.22. The van der Waals surface area contributed by atoms with Gasteiger partial charge in [-0.1, -0.05) is 6.42 Å². The average Bonchev–Trinajstić information content (AvgIpc) is 2.29. The van der Waals surface area contributed by atoms with E-state index in [1.165, 1.54) is 11.7 Å². The molecule has 1 saturated carbocycles. The van der Waals surface area contributed by atoms with Crippen LogP contribution in [0.3, 0.4) is 0 Å². The van der Waals surface area contributed by atoms with Gasteiger partial charge in [-0.15, -0.1) is 0 Å². The van der Waals surface area contributed by atoms with Gasteiger partial charge in [0.25, 0.3) is 5.56 Å². The van der Waals surface area contributed by atoms with Gasteiger partial charge in [-0.3, -0.25) is 14.6 Å². The minimum Gasteiger partial charge on any atom is -0.477 e. The summed E-state index contributed by atoms with van der Waals surface area (Å²) in [6.45, 7) is 0. The molecule has 1 heterocycles. The van der Waals surface area contributed by atoms with Crippen molar-refractivity contribution in [2.75, 3.05) is 0 Å². The molecule has 1 aromatic rings. The number of carboxylic acid groups (broad SMARTS) is 1. The Kier molecular flexibility index (Phi) is 1.94. The molecule has 0 saturated heterocycles. The number of rotatable bonds is 2. The van der Waals surface area contributed by atoms with Gasteiger partial charge in [0.05, 0.1) is 5.56 Å². The highest BCUT2D eigenvalue weighted by atomic mass is 16.4. The fourth-order valence-electron chi connectivity index (χ4n) is 1.81. The summed E-state index contributed by atoms with van der Waals surface area (Å²) in [5, 5.41) is 11.5. The van der Waals surface area contributed by atoms with Crippen LogP contribution in [0.5, 0.6) is 0 Å². The molecule has 5 heteroatoms. The van der Waals surface area contributed by atoms with Gasteiger partial charge in [0.15, 0.2) is 0 Å². The fourth-order valence-corrected chi connectivity index (χ4v) is 1.81. The molecule has 14 heavy (non-hydrogen) atoms. The Balaban J connectivity index is 2.53. The number of hydrogen-bond donors (Lipinski definition) is 2. The van der Waals surface area contributed by atoms with E-state index in [9.17, 15) is 9.59 Å². The number of aromatic carboxylic acids is 1. The van der Waals surface area contributed by atoms with Gasteiger partial charge < -0.3 is 5.11 Å². The fraction of sp³-hybridized carbons (Fsp3) is 0.556. The zero-order chi connectivity index (χ0) is 10.3. The third-order valence-electron chi connectivity index (χ3n) is 2.81. The Hall–Kier alpha value is -1.52. The van der Waals surface area contributed by atoms with Crippen LogP contribution in [-0.2, 0) is 7.05 Å². The lowest BCUT2D eigenvalue weighted by molar-refractivity contribution is 0.0687. The van der Waals surface area contributed by atoms with Gasteiger partial charge in [0, 0.05) is 7.05 Å². The molecule has 2 rings (SSSR count). The lowest BCUT2D eigenvalue weighted by atomic mass is 9.80. The lowest BCUT2D eigenvalue weighted by Gasteiger charge is -2.23. The predicted octanol–water partition coefficient (Wildman–Crippen LogP) is 0.679. The summed E-state index contributed by atoms with van der Waals surface area (Å²) in [6.07, 6.45) is 2.93. The second-order valence-electron chi connectivity index (χ2n) is 3.70.